The number of aromatic nitrogens is 6. The molecule has 0 radical (unpaired) electrons. The molecular weight excluding hydrogens is 569 g/mol. The lowest BCUT2D eigenvalue weighted by molar-refractivity contribution is -0.140. The van der Waals surface area contributed by atoms with E-state index in [2.05, 4.69) is 44.5 Å². The first-order chi connectivity index (χ1) is 20.3. The Labute approximate surface area is 250 Å². The van der Waals surface area contributed by atoms with Crippen molar-refractivity contribution in [3.63, 3.8) is 0 Å². The van der Waals surface area contributed by atoms with Gasteiger partial charge in [-0.05, 0) is 23.1 Å². The van der Waals surface area contributed by atoms with E-state index in [-0.39, 0.29) is 5.82 Å². The Kier molecular flexibility index (Phi) is 8.58. The van der Waals surface area contributed by atoms with Crippen molar-refractivity contribution < 1.29 is 17.9 Å². The zero-order valence-electron chi connectivity index (χ0n) is 25.4. The minimum atomic E-state index is -4.50. The van der Waals surface area contributed by atoms with Crippen LogP contribution in [-0.4, -0.2) is 44.0 Å². The van der Waals surface area contributed by atoms with E-state index in [0.717, 1.165) is 40.1 Å². The summed E-state index contributed by atoms with van der Waals surface area (Å²) in [5.41, 5.74) is 5.11. The fraction of sp³-hybridized carbons (Fsp3) is 0.375. The highest BCUT2D eigenvalue weighted by Gasteiger charge is 2.34. The molecule has 0 aliphatic rings. The average Bonchev–Trinajstić information content (AvgIpc) is 3.51. The SMILES string of the molecule is CC(C)c1ccccc1-c1ncc2c(n1)c(Cc1ccc(-c3nc(C(F)(F)F)cn3C)cc1)nn2COCC[Si](C)(C)C. The van der Waals surface area contributed by atoms with Gasteiger partial charge < -0.3 is 9.30 Å². The number of rotatable bonds is 10. The molecule has 0 bridgehead atoms. The molecule has 0 atom stereocenters. The molecule has 11 heteroatoms. The lowest BCUT2D eigenvalue weighted by Gasteiger charge is -2.15. The van der Waals surface area contributed by atoms with Gasteiger partial charge in [0.15, 0.2) is 11.5 Å². The molecule has 0 N–H and O–H groups in total. The van der Waals surface area contributed by atoms with Crippen LogP contribution < -0.4 is 0 Å². The molecular formula is C32H37F3N6OSi. The van der Waals surface area contributed by atoms with Crippen molar-refractivity contribution in [2.24, 2.45) is 7.05 Å². The predicted octanol–water partition coefficient (Wildman–Crippen LogP) is 7.94. The largest absolute Gasteiger partial charge is 0.434 e. The molecule has 5 aromatic rings. The Hall–Kier alpha value is -3.83. The van der Waals surface area contributed by atoms with Gasteiger partial charge in [0, 0.05) is 45.5 Å². The van der Waals surface area contributed by atoms with Crippen molar-refractivity contribution in [3.05, 3.63) is 83.4 Å². The molecule has 0 saturated heterocycles. The number of fused-ring (bicyclic) bond motifs is 1. The van der Waals surface area contributed by atoms with Crippen molar-refractivity contribution in [3.8, 4) is 22.8 Å². The summed E-state index contributed by atoms with van der Waals surface area (Å²) in [6.07, 6.45) is -1.20. The van der Waals surface area contributed by atoms with Crippen LogP contribution in [-0.2, 0) is 31.1 Å². The monoisotopic (exact) mass is 606 g/mol. The van der Waals surface area contributed by atoms with Gasteiger partial charge in [-0.25, -0.2) is 19.6 Å². The van der Waals surface area contributed by atoms with Crippen LogP contribution in [0.5, 0.6) is 0 Å². The second-order valence-corrected chi connectivity index (χ2v) is 18.0. The molecule has 0 spiro atoms. The molecule has 3 aromatic heterocycles. The van der Waals surface area contributed by atoms with Crippen LogP contribution in [0.15, 0.2) is 60.9 Å². The summed E-state index contributed by atoms with van der Waals surface area (Å²) >= 11 is 0. The first-order valence-corrected chi connectivity index (χ1v) is 18.1. The zero-order valence-corrected chi connectivity index (χ0v) is 26.4. The van der Waals surface area contributed by atoms with Gasteiger partial charge >= 0.3 is 6.18 Å². The van der Waals surface area contributed by atoms with Gasteiger partial charge in [0.25, 0.3) is 0 Å². The maximum absolute atomic E-state index is 13.2. The number of nitrogens with zero attached hydrogens (tertiary/aromatic N) is 6. The first kappa shape index (κ1) is 30.6. The summed E-state index contributed by atoms with van der Waals surface area (Å²) in [4.78, 5) is 13.6. The lowest BCUT2D eigenvalue weighted by atomic mass is 9.97. The second-order valence-electron chi connectivity index (χ2n) is 12.4. The number of hydrogen-bond acceptors (Lipinski definition) is 5. The Balaban J connectivity index is 1.47. The molecule has 7 nitrogen and oxygen atoms in total. The molecule has 0 amide bonds. The van der Waals surface area contributed by atoms with Crippen molar-refractivity contribution in [1.29, 1.82) is 0 Å². The molecule has 0 aliphatic heterocycles. The Morgan fingerprint density at radius 2 is 1.70 bits per heavy atom. The zero-order chi connectivity index (χ0) is 30.9. The van der Waals surface area contributed by atoms with E-state index in [0.29, 0.717) is 37.1 Å². The van der Waals surface area contributed by atoms with Crippen molar-refractivity contribution in [1.82, 2.24) is 29.3 Å². The van der Waals surface area contributed by atoms with Crippen LogP contribution in [0.2, 0.25) is 25.7 Å². The molecule has 2 aromatic carbocycles. The maximum atomic E-state index is 13.2. The summed E-state index contributed by atoms with van der Waals surface area (Å²) in [7, 11) is 0.324. The third-order valence-electron chi connectivity index (χ3n) is 7.35. The summed E-state index contributed by atoms with van der Waals surface area (Å²) < 4.78 is 48.8. The van der Waals surface area contributed by atoms with Crippen LogP contribution in [0.1, 0.15) is 42.3 Å². The number of halogens is 3. The van der Waals surface area contributed by atoms with Gasteiger partial charge in [-0.1, -0.05) is 82.0 Å². The predicted molar refractivity (Wildman–Crippen MR) is 165 cm³/mol. The summed E-state index contributed by atoms with van der Waals surface area (Å²) in [6, 6.07) is 16.6. The number of imidazole rings is 1. The molecule has 226 valence electrons. The van der Waals surface area contributed by atoms with E-state index in [1.165, 1.54) is 10.1 Å². The highest BCUT2D eigenvalue weighted by molar-refractivity contribution is 6.76. The molecule has 0 unspecified atom stereocenters. The Morgan fingerprint density at radius 3 is 2.35 bits per heavy atom. The fourth-order valence-electron chi connectivity index (χ4n) is 4.94. The van der Waals surface area contributed by atoms with Gasteiger partial charge in [0.1, 0.15) is 23.6 Å². The van der Waals surface area contributed by atoms with Crippen LogP contribution in [0.25, 0.3) is 33.8 Å². The standard InChI is InChI=1S/C32H37F3N6OSi/c1-21(2)24-9-7-8-10-25(24)30-36-18-27-29(38-30)26(39-41(27)20-42-15-16-43(4,5)6)17-22-11-13-23(14-12-22)31-37-28(19-40(31)3)32(33,34)35/h7-14,18-19,21H,15-17,20H2,1-6H3. The van der Waals surface area contributed by atoms with Crippen LogP contribution >= 0.6 is 0 Å². The highest BCUT2D eigenvalue weighted by Crippen LogP contribution is 2.32. The molecule has 3 heterocycles. The molecule has 0 aliphatic carbocycles. The maximum Gasteiger partial charge on any atom is 0.434 e. The average molecular weight is 607 g/mol. The van der Waals surface area contributed by atoms with Gasteiger partial charge in [0.05, 0.1) is 11.9 Å². The topological polar surface area (TPSA) is 70.7 Å². The van der Waals surface area contributed by atoms with E-state index in [1.807, 2.05) is 41.2 Å². The van der Waals surface area contributed by atoms with Gasteiger partial charge in [-0.2, -0.15) is 18.3 Å². The second kappa shape index (κ2) is 12.0. The molecule has 5 rings (SSSR count). The summed E-state index contributed by atoms with van der Waals surface area (Å²) in [6.45, 7) is 12.2. The number of hydrogen-bond donors (Lipinski definition) is 0. The summed E-state index contributed by atoms with van der Waals surface area (Å²) in [5.74, 6) is 1.20. The van der Waals surface area contributed by atoms with Gasteiger partial charge in [-0.15, -0.1) is 0 Å². The minimum absolute atomic E-state index is 0.255. The normalized spacial score (nSPS) is 12.5. The number of ether oxygens (including phenoxy) is 1. The smallest absolute Gasteiger partial charge is 0.360 e. The van der Waals surface area contributed by atoms with Crippen molar-refractivity contribution in [2.75, 3.05) is 6.61 Å². The minimum Gasteiger partial charge on any atom is -0.360 e. The fourth-order valence-corrected chi connectivity index (χ4v) is 5.70. The van der Waals surface area contributed by atoms with Crippen LogP contribution in [0, 0.1) is 0 Å². The Bertz CT molecular complexity index is 1720. The van der Waals surface area contributed by atoms with Crippen molar-refractivity contribution >= 4 is 19.1 Å². The summed E-state index contributed by atoms with van der Waals surface area (Å²) in [5, 5.41) is 4.90. The molecule has 43 heavy (non-hydrogen) atoms. The quantitative estimate of drug-likeness (QED) is 0.119. The van der Waals surface area contributed by atoms with Crippen molar-refractivity contribution in [2.45, 2.75) is 64.8 Å². The lowest BCUT2D eigenvalue weighted by Crippen LogP contribution is -2.22. The van der Waals surface area contributed by atoms with Gasteiger partial charge in [0.2, 0.25) is 0 Å². The highest BCUT2D eigenvalue weighted by atomic mass is 28.3. The van der Waals surface area contributed by atoms with Crippen LogP contribution in [0.4, 0.5) is 13.2 Å². The molecule has 0 fully saturated rings. The van der Waals surface area contributed by atoms with Crippen LogP contribution in [0.3, 0.4) is 0 Å². The number of aryl methyl sites for hydroxylation is 1. The van der Waals surface area contributed by atoms with E-state index in [1.54, 1.807) is 19.2 Å². The third-order valence-corrected chi connectivity index (χ3v) is 9.05. The van der Waals surface area contributed by atoms with E-state index < -0.39 is 19.9 Å². The number of alkyl halides is 3. The third kappa shape index (κ3) is 7.05. The molecule has 0 saturated carbocycles. The van der Waals surface area contributed by atoms with Gasteiger partial charge in [-0.3, -0.25) is 0 Å². The Morgan fingerprint density at radius 1 is 0.977 bits per heavy atom. The van der Waals surface area contributed by atoms with E-state index in [9.17, 15) is 13.2 Å². The van der Waals surface area contributed by atoms with E-state index in [4.69, 9.17) is 19.8 Å². The van der Waals surface area contributed by atoms with E-state index >= 15 is 0 Å². The number of benzene rings is 2. The first-order valence-electron chi connectivity index (χ1n) is 14.4.